The Bertz CT molecular complexity index is 1460. The zero-order valence-corrected chi connectivity index (χ0v) is 23.2. The first-order chi connectivity index (χ1) is 18.1. The Morgan fingerprint density at radius 1 is 1.00 bits per heavy atom. The first-order valence-electron chi connectivity index (χ1n) is 11.6. The van der Waals surface area contributed by atoms with Crippen molar-refractivity contribution in [1.29, 1.82) is 0 Å². The zero-order chi connectivity index (χ0) is 27.3. The van der Waals surface area contributed by atoms with Crippen LogP contribution in [0.4, 0.5) is 11.4 Å². The minimum atomic E-state index is -0.297. The minimum Gasteiger partial charge on any atom is -0.326 e. The SMILES string of the molecule is CC(C)(C)c1ccc(-n2nnnc2SCC(=O)Nc2ccc(NC(=O)Cc3cccnc3)cc2Cl)c(Cl)c1. The van der Waals surface area contributed by atoms with Crippen molar-refractivity contribution in [2.24, 2.45) is 0 Å². The average Bonchev–Trinajstić information content (AvgIpc) is 3.33. The van der Waals surface area contributed by atoms with E-state index in [1.54, 1.807) is 36.7 Å². The van der Waals surface area contributed by atoms with Crippen LogP contribution in [0.15, 0.2) is 66.1 Å². The molecule has 9 nitrogen and oxygen atoms in total. The van der Waals surface area contributed by atoms with Crippen molar-refractivity contribution in [1.82, 2.24) is 25.2 Å². The van der Waals surface area contributed by atoms with Gasteiger partial charge in [0.25, 0.3) is 0 Å². The molecule has 0 bridgehead atoms. The fourth-order valence-electron chi connectivity index (χ4n) is 3.47. The summed E-state index contributed by atoms with van der Waals surface area (Å²) in [4.78, 5) is 28.9. The molecule has 0 aliphatic heterocycles. The van der Waals surface area contributed by atoms with Gasteiger partial charge in [-0.1, -0.05) is 67.9 Å². The lowest BCUT2D eigenvalue weighted by atomic mass is 9.87. The summed E-state index contributed by atoms with van der Waals surface area (Å²) in [5.74, 6) is -0.458. The van der Waals surface area contributed by atoms with Crippen LogP contribution in [0, 0.1) is 0 Å². The Labute approximate surface area is 234 Å². The van der Waals surface area contributed by atoms with E-state index in [1.165, 1.54) is 4.68 Å². The van der Waals surface area contributed by atoms with Crippen molar-refractivity contribution in [3.63, 3.8) is 0 Å². The van der Waals surface area contributed by atoms with Crippen LogP contribution < -0.4 is 10.6 Å². The lowest BCUT2D eigenvalue weighted by molar-refractivity contribution is -0.115. The van der Waals surface area contributed by atoms with Crippen LogP contribution in [0.25, 0.3) is 5.69 Å². The Morgan fingerprint density at radius 3 is 2.50 bits per heavy atom. The molecule has 12 heteroatoms. The molecule has 0 atom stereocenters. The third-order valence-electron chi connectivity index (χ3n) is 5.43. The summed E-state index contributed by atoms with van der Waals surface area (Å²) in [5.41, 5.74) is 3.39. The second-order valence-corrected chi connectivity index (χ2v) is 11.2. The van der Waals surface area contributed by atoms with Crippen molar-refractivity contribution >= 4 is 58.2 Å². The number of anilines is 2. The van der Waals surface area contributed by atoms with Crippen LogP contribution in [0.5, 0.6) is 0 Å². The molecule has 0 spiro atoms. The zero-order valence-electron chi connectivity index (χ0n) is 20.9. The molecule has 0 fully saturated rings. The lowest BCUT2D eigenvalue weighted by Gasteiger charge is -2.20. The van der Waals surface area contributed by atoms with Gasteiger partial charge in [-0.2, -0.15) is 4.68 Å². The van der Waals surface area contributed by atoms with Gasteiger partial charge in [-0.05, 0) is 63.4 Å². The van der Waals surface area contributed by atoms with Crippen molar-refractivity contribution in [2.75, 3.05) is 16.4 Å². The van der Waals surface area contributed by atoms with Gasteiger partial charge in [0.1, 0.15) is 0 Å². The summed E-state index contributed by atoms with van der Waals surface area (Å²) < 4.78 is 1.50. The number of carbonyl (C=O) groups excluding carboxylic acids is 2. The van der Waals surface area contributed by atoms with Crippen LogP contribution in [0.1, 0.15) is 31.9 Å². The Hall–Kier alpha value is -3.47. The van der Waals surface area contributed by atoms with Crippen molar-refractivity contribution in [2.45, 2.75) is 37.8 Å². The van der Waals surface area contributed by atoms with E-state index < -0.39 is 0 Å². The van der Waals surface area contributed by atoms with E-state index in [0.717, 1.165) is 22.9 Å². The van der Waals surface area contributed by atoms with Crippen LogP contribution in [-0.4, -0.2) is 42.8 Å². The number of hydrogen-bond acceptors (Lipinski definition) is 7. The number of pyridine rings is 1. The number of nitrogens with zero attached hydrogens (tertiary/aromatic N) is 5. The van der Waals surface area contributed by atoms with Gasteiger partial charge < -0.3 is 10.6 Å². The van der Waals surface area contributed by atoms with Crippen LogP contribution >= 0.6 is 35.0 Å². The summed E-state index contributed by atoms with van der Waals surface area (Å²) >= 11 is 14.0. The van der Waals surface area contributed by atoms with E-state index in [4.69, 9.17) is 23.2 Å². The third-order valence-corrected chi connectivity index (χ3v) is 6.96. The van der Waals surface area contributed by atoms with Gasteiger partial charge in [0.2, 0.25) is 17.0 Å². The van der Waals surface area contributed by atoms with Gasteiger partial charge in [0.05, 0.1) is 33.6 Å². The second-order valence-electron chi connectivity index (χ2n) is 9.41. The van der Waals surface area contributed by atoms with Crippen molar-refractivity contribution in [3.05, 3.63) is 82.1 Å². The summed E-state index contributed by atoms with van der Waals surface area (Å²) in [6, 6.07) is 14.2. The smallest absolute Gasteiger partial charge is 0.234 e. The molecule has 2 amide bonds. The van der Waals surface area contributed by atoms with Gasteiger partial charge in [0, 0.05) is 18.1 Å². The number of tetrazole rings is 1. The fraction of sp³-hybridized carbons (Fsp3) is 0.231. The number of halogens is 2. The molecule has 2 aromatic carbocycles. The van der Waals surface area contributed by atoms with Gasteiger partial charge in [-0.25, -0.2) is 0 Å². The second kappa shape index (κ2) is 11.9. The molecular weight excluding hydrogens is 545 g/mol. The minimum absolute atomic E-state index is 0.0397. The van der Waals surface area contributed by atoms with E-state index in [0.29, 0.717) is 27.2 Å². The quantitative estimate of drug-likeness (QED) is 0.266. The van der Waals surface area contributed by atoms with E-state index in [-0.39, 0.29) is 34.4 Å². The average molecular weight is 571 g/mol. The molecule has 196 valence electrons. The molecule has 0 saturated carbocycles. The van der Waals surface area contributed by atoms with E-state index in [1.807, 2.05) is 24.3 Å². The van der Waals surface area contributed by atoms with Crippen molar-refractivity contribution in [3.8, 4) is 5.69 Å². The first kappa shape index (κ1) is 27.6. The molecule has 2 aromatic heterocycles. The van der Waals surface area contributed by atoms with Crippen LogP contribution in [0.3, 0.4) is 0 Å². The number of aromatic nitrogens is 5. The van der Waals surface area contributed by atoms with Crippen LogP contribution in [-0.2, 0) is 21.4 Å². The van der Waals surface area contributed by atoms with Gasteiger partial charge in [0.15, 0.2) is 0 Å². The maximum Gasteiger partial charge on any atom is 0.234 e. The molecule has 2 N–H and O–H groups in total. The highest BCUT2D eigenvalue weighted by molar-refractivity contribution is 7.99. The number of rotatable bonds is 8. The summed E-state index contributed by atoms with van der Waals surface area (Å²) in [6.07, 6.45) is 3.47. The highest BCUT2D eigenvalue weighted by Crippen LogP contribution is 2.31. The summed E-state index contributed by atoms with van der Waals surface area (Å²) in [6.45, 7) is 6.32. The first-order valence-corrected chi connectivity index (χ1v) is 13.3. The molecule has 0 unspecified atom stereocenters. The fourth-order valence-corrected chi connectivity index (χ4v) is 4.64. The standard InChI is InChI=1S/C26H25Cl2N7O2S/c1-26(2,3)17-6-9-22(20(28)12-17)35-25(32-33-34-35)38-15-24(37)31-21-8-7-18(13-19(21)27)30-23(36)11-16-5-4-10-29-14-16/h4-10,12-14H,11,15H2,1-3H3,(H,30,36)(H,31,37). The Morgan fingerprint density at radius 2 is 1.82 bits per heavy atom. The molecule has 4 rings (SSSR count). The number of hydrogen-bond donors (Lipinski definition) is 2. The highest BCUT2D eigenvalue weighted by Gasteiger charge is 2.19. The largest absolute Gasteiger partial charge is 0.326 e. The van der Waals surface area contributed by atoms with E-state index in [9.17, 15) is 9.59 Å². The van der Waals surface area contributed by atoms with E-state index in [2.05, 4.69) is 51.9 Å². The molecule has 38 heavy (non-hydrogen) atoms. The van der Waals surface area contributed by atoms with Gasteiger partial charge >= 0.3 is 0 Å². The maximum atomic E-state index is 12.6. The molecule has 4 aromatic rings. The van der Waals surface area contributed by atoms with Gasteiger partial charge in [-0.3, -0.25) is 14.6 Å². The Balaban J connectivity index is 1.35. The highest BCUT2D eigenvalue weighted by atomic mass is 35.5. The maximum absolute atomic E-state index is 12.6. The number of carbonyl (C=O) groups is 2. The molecule has 0 radical (unpaired) electrons. The number of nitrogens with one attached hydrogen (secondary N) is 2. The monoisotopic (exact) mass is 569 g/mol. The predicted octanol–water partition coefficient (Wildman–Crippen LogP) is 5.57. The summed E-state index contributed by atoms with van der Waals surface area (Å²) in [5, 5.41) is 18.6. The predicted molar refractivity (Wildman–Crippen MR) is 150 cm³/mol. The molecular formula is C26H25Cl2N7O2S. The number of benzene rings is 2. The normalized spacial score (nSPS) is 11.3. The summed E-state index contributed by atoms with van der Waals surface area (Å²) in [7, 11) is 0. The molecule has 2 heterocycles. The van der Waals surface area contributed by atoms with Gasteiger partial charge in [-0.15, -0.1) is 5.10 Å². The lowest BCUT2D eigenvalue weighted by Crippen LogP contribution is -2.16. The van der Waals surface area contributed by atoms with Crippen molar-refractivity contribution < 1.29 is 9.59 Å². The number of thioether (sulfide) groups is 1. The molecule has 0 aliphatic carbocycles. The molecule has 0 saturated heterocycles. The Kier molecular flexibility index (Phi) is 8.65. The third kappa shape index (κ3) is 7.09. The van der Waals surface area contributed by atoms with Crippen LogP contribution in [0.2, 0.25) is 10.0 Å². The number of amides is 2. The topological polar surface area (TPSA) is 115 Å². The van der Waals surface area contributed by atoms with E-state index >= 15 is 0 Å². The molecule has 0 aliphatic rings.